The first kappa shape index (κ1) is 14.6. The van der Waals surface area contributed by atoms with Crippen molar-refractivity contribution in [3.05, 3.63) is 65.7 Å². The summed E-state index contributed by atoms with van der Waals surface area (Å²) in [5.41, 5.74) is 4.02. The second-order valence-electron chi connectivity index (χ2n) is 5.78. The Balaban J connectivity index is 1.96. The lowest BCUT2D eigenvalue weighted by molar-refractivity contribution is 0.567. The molecule has 2 aromatic carbocycles. The minimum atomic E-state index is 0.788. The zero-order valence-corrected chi connectivity index (χ0v) is 12.6. The highest BCUT2D eigenvalue weighted by Gasteiger charge is 2.02. The van der Waals surface area contributed by atoms with Crippen LogP contribution in [-0.2, 0) is 6.42 Å². The van der Waals surface area contributed by atoms with Gasteiger partial charge in [0.05, 0.1) is 0 Å². The summed E-state index contributed by atoms with van der Waals surface area (Å²) in [6.07, 6.45) is 3.51. The third-order valence-electron chi connectivity index (χ3n) is 3.53. The standard InChI is InChI=1S/C19H25N/c1-16(2)9-8-14-20-19-13-7-6-12-18(19)15-17-10-4-3-5-11-17/h3-7,10-13,16,20H,8-9,14-15H2,1-2H3. The summed E-state index contributed by atoms with van der Waals surface area (Å²) in [5.74, 6) is 0.788. The van der Waals surface area contributed by atoms with Crippen molar-refractivity contribution in [3.8, 4) is 0 Å². The SMILES string of the molecule is CC(C)CCCNc1ccccc1Cc1ccccc1. The van der Waals surface area contributed by atoms with Crippen LogP contribution in [-0.4, -0.2) is 6.54 Å². The lowest BCUT2D eigenvalue weighted by Gasteiger charge is -2.13. The highest BCUT2D eigenvalue weighted by Crippen LogP contribution is 2.19. The van der Waals surface area contributed by atoms with Crippen LogP contribution in [0.25, 0.3) is 0 Å². The molecule has 0 heterocycles. The molecule has 0 aliphatic carbocycles. The molecule has 0 unspecified atom stereocenters. The second kappa shape index (κ2) is 7.74. The normalized spacial score (nSPS) is 10.8. The van der Waals surface area contributed by atoms with Gasteiger partial charge in [0.15, 0.2) is 0 Å². The molecule has 0 fully saturated rings. The molecule has 0 aliphatic heterocycles. The molecule has 1 N–H and O–H groups in total. The number of benzene rings is 2. The van der Waals surface area contributed by atoms with Gasteiger partial charge in [-0.2, -0.15) is 0 Å². The molecule has 0 amide bonds. The van der Waals surface area contributed by atoms with E-state index in [9.17, 15) is 0 Å². The van der Waals surface area contributed by atoms with Crippen molar-refractivity contribution < 1.29 is 0 Å². The summed E-state index contributed by atoms with van der Waals surface area (Å²) in [4.78, 5) is 0. The zero-order valence-electron chi connectivity index (χ0n) is 12.6. The van der Waals surface area contributed by atoms with Gasteiger partial charge in [0.1, 0.15) is 0 Å². The Morgan fingerprint density at radius 3 is 2.35 bits per heavy atom. The van der Waals surface area contributed by atoms with Crippen LogP contribution >= 0.6 is 0 Å². The first-order chi connectivity index (χ1) is 9.75. The van der Waals surface area contributed by atoms with E-state index in [1.165, 1.54) is 29.7 Å². The van der Waals surface area contributed by atoms with E-state index in [0.29, 0.717) is 0 Å². The Kier molecular flexibility index (Phi) is 5.67. The number of para-hydroxylation sites is 1. The third-order valence-corrected chi connectivity index (χ3v) is 3.53. The van der Waals surface area contributed by atoms with Crippen molar-refractivity contribution in [2.75, 3.05) is 11.9 Å². The number of anilines is 1. The fourth-order valence-corrected chi connectivity index (χ4v) is 2.40. The maximum atomic E-state index is 3.59. The molecular formula is C19H25N. The summed E-state index contributed by atoms with van der Waals surface area (Å²) in [5, 5.41) is 3.59. The fourth-order valence-electron chi connectivity index (χ4n) is 2.40. The Morgan fingerprint density at radius 2 is 1.60 bits per heavy atom. The van der Waals surface area contributed by atoms with Crippen LogP contribution in [0.2, 0.25) is 0 Å². The fraction of sp³-hybridized carbons (Fsp3) is 0.368. The van der Waals surface area contributed by atoms with Gasteiger partial charge in [0.2, 0.25) is 0 Å². The van der Waals surface area contributed by atoms with E-state index in [4.69, 9.17) is 0 Å². The van der Waals surface area contributed by atoms with Gasteiger partial charge in [-0.25, -0.2) is 0 Å². The number of hydrogen-bond donors (Lipinski definition) is 1. The molecule has 1 heteroatoms. The molecule has 0 bridgehead atoms. The Labute approximate surface area is 123 Å². The van der Waals surface area contributed by atoms with Crippen LogP contribution in [0, 0.1) is 5.92 Å². The molecule has 0 spiro atoms. The van der Waals surface area contributed by atoms with Crippen molar-refractivity contribution in [2.24, 2.45) is 5.92 Å². The van der Waals surface area contributed by atoms with Crippen LogP contribution in [0.4, 0.5) is 5.69 Å². The van der Waals surface area contributed by atoms with Crippen LogP contribution in [0.1, 0.15) is 37.8 Å². The molecule has 0 aromatic heterocycles. The van der Waals surface area contributed by atoms with E-state index in [-0.39, 0.29) is 0 Å². The largest absolute Gasteiger partial charge is 0.385 e. The minimum Gasteiger partial charge on any atom is -0.385 e. The minimum absolute atomic E-state index is 0.788. The molecule has 0 atom stereocenters. The van der Waals surface area contributed by atoms with Crippen molar-refractivity contribution in [2.45, 2.75) is 33.1 Å². The van der Waals surface area contributed by atoms with Gasteiger partial charge in [0, 0.05) is 12.2 Å². The number of rotatable bonds is 7. The molecule has 2 rings (SSSR count). The molecule has 0 saturated heterocycles. The summed E-state index contributed by atoms with van der Waals surface area (Å²) in [7, 11) is 0. The first-order valence-corrected chi connectivity index (χ1v) is 7.61. The van der Waals surface area contributed by atoms with E-state index in [1.54, 1.807) is 0 Å². The molecule has 0 radical (unpaired) electrons. The topological polar surface area (TPSA) is 12.0 Å². The quantitative estimate of drug-likeness (QED) is 0.686. The van der Waals surface area contributed by atoms with Crippen LogP contribution < -0.4 is 5.32 Å². The molecule has 106 valence electrons. The van der Waals surface area contributed by atoms with Crippen molar-refractivity contribution >= 4 is 5.69 Å². The highest BCUT2D eigenvalue weighted by atomic mass is 14.9. The Hall–Kier alpha value is -1.76. The summed E-state index contributed by atoms with van der Waals surface area (Å²) >= 11 is 0. The molecule has 1 nitrogen and oxygen atoms in total. The van der Waals surface area contributed by atoms with E-state index in [2.05, 4.69) is 73.8 Å². The van der Waals surface area contributed by atoms with Crippen molar-refractivity contribution in [3.63, 3.8) is 0 Å². The van der Waals surface area contributed by atoms with Gasteiger partial charge in [0.25, 0.3) is 0 Å². The lowest BCUT2D eigenvalue weighted by atomic mass is 10.0. The van der Waals surface area contributed by atoms with Crippen LogP contribution in [0.3, 0.4) is 0 Å². The third kappa shape index (κ3) is 4.73. The Morgan fingerprint density at radius 1 is 0.900 bits per heavy atom. The molecular weight excluding hydrogens is 242 g/mol. The molecule has 0 aliphatic rings. The van der Waals surface area contributed by atoms with Crippen molar-refractivity contribution in [1.29, 1.82) is 0 Å². The van der Waals surface area contributed by atoms with E-state index < -0.39 is 0 Å². The molecule has 20 heavy (non-hydrogen) atoms. The van der Waals surface area contributed by atoms with Gasteiger partial charge in [-0.15, -0.1) is 0 Å². The van der Waals surface area contributed by atoms with Crippen molar-refractivity contribution in [1.82, 2.24) is 0 Å². The average Bonchev–Trinajstić information content (AvgIpc) is 2.46. The van der Waals surface area contributed by atoms with E-state index >= 15 is 0 Å². The van der Waals surface area contributed by atoms with Gasteiger partial charge in [-0.3, -0.25) is 0 Å². The monoisotopic (exact) mass is 267 g/mol. The van der Waals surface area contributed by atoms with Gasteiger partial charge >= 0.3 is 0 Å². The smallest absolute Gasteiger partial charge is 0.0376 e. The lowest BCUT2D eigenvalue weighted by Crippen LogP contribution is -2.05. The van der Waals surface area contributed by atoms with Gasteiger partial charge in [-0.1, -0.05) is 62.4 Å². The van der Waals surface area contributed by atoms with Gasteiger partial charge in [-0.05, 0) is 42.4 Å². The zero-order chi connectivity index (χ0) is 14.2. The Bertz CT molecular complexity index is 502. The average molecular weight is 267 g/mol. The first-order valence-electron chi connectivity index (χ1n) is 7.61. The maximum absolute atomic E-state index is 3.59. The maximum Gasteiger partial charge on any atom is 0.0376 e. The molecule has 2 aromatic rings. The van der Waals surface area contributed by atoms with Crippen LogP contribution in [0.5, 0.6) is 0 Å². The highest BCUT2D eigenvalue weighted by molar-refractivity contribution is 5.52. The van der Waals surface area contributed by atoms with Crippen LogP contribution in [0.15, 0.2) is 54.6 Å². The summed E-state index contributed by atoms with van der Waals surface area (Å²) < 4.78 is 0. The molecule has 0 saturated carbocycles. The second-order valence-corrected chi connectivity index (χ2v) is 5.78. The summed E-state index contributed by atoms with van der Waals surface area (Å²) in [6, 6.07) is 19.3. The van der Waals surface area contributed by atoms with E-state index in [0.717, 1.165) is 18.9 Å². The number of hydrogen-bond acceptors (Lipinski definition) is 1. The summed E-state index contributed by atoms with van der Waals surface area (Å²) in [6.45, 7) is 5.62. The predicted molar refractivity (Wildman–Crippen MR) is 88.3 cm³/mol. The number of nitrogens with one attached hydrogen (secondary N) is 1. The predicted octanol–water partition coefficient (Wildman–Crippen LogP) is 5.13. The van der Waals surface area contributed by atoms with Gasteiger partial charge < -0.3 is 5.32 Å². The van der Waals surface area contributed by atoms with E-state index in [1.807, 2.05) is 0 Å².